The number of esters is 2. The van der Waals surface area contributed by atoms with E-state index in [1.54, 1.807) is 43.0 Å². The number of hydrogen-bond donors (Lipinski definition) is 2. The Balaban J connectivity index is 0.000000211. The molecular formula is C49H53BrF3N13O6S2. The normalized spacial score (nSPS) is 17.5. The van der Waals surface area contributed by atoms with Crippen LogP contribution in [-0.4, -0.2) is 136 Å². The maximum atomic E-state index is 13.2. The van der Waals surface area contributed by atoms with Gasteiger partial charge in [-0.3, -0.25) is 39.1 Å². The lowest BCUT2D eigenvalue weighted by atomic mass is 9.82. The predicted octanol–water partition coefficient (Wildman–Crippen LogP) is 6.81. The van der Waals surface area contributed by atoms with Crippen molar-refractivity contribution >= 4 is 89.7 Å². The molecule has 9 heterocycles. The van der Waals surface area contributed by atoms with Gasteiger partial charge in [-0.25, -0.2) is 13.2 Å². The highest BCUT2D eigenvalue weighted by Crippen LogP contribution is 2.43. The van der Waals surface area contributed by atoms with E-state index >= 15 is 0 Å². The molecule has 2 N–H and O–H groups in total. The van der Waals surface area contributed by atoms with E-state index in [-0.39, 0.29) is 61.3 Å². The number of nitrogens with one attached hydrogen (secondary N) is 2. The molecule has 1 aliphatic carbocycles. The summed E-state index contributed by atoms with van der Waals surface area (Å²) >= 11 is 6.04. The molecule has 25 heteroatoms. The number of aromatic nitrogens is 8. The molecule has 0 radical (unpaired) electrons. The van der Waals surface area contributed by atoms with Crippen LogP contribution in [0.5, 0.6) is 0 Å². The molecule has 74 heavy (non-hydrogen) atoms. The molecule has 390 valence electrons. The molecule has 3 saturated heterocycles. The molecule has 0 spiro atoms. The van der Waals surface area contributed by atoms with Gasteiger partial charge in [0.05, 0.1) is 102 Å². The number of carbonyl (C=O) groups is 4. The highest BCUT2D eigenvalue weighted by atomic mass is 79.9. The second-order valence-corrected chi connectivity index (χ2v) is 20.8. The summed E-state index contributed by atoms with van der Waals surface area (Å²) in [6, 6.07) is 14.5. The molecule has 0 bridgehead atoms. The molecule has 4 fully saturated rings. The number of amides is 2. The van der Waals surface area contributed by atoms with Crippen molar-refractivity contribution in [2.75, 3.05) is 78.8 Å². The van der Waals surface area contributed by atoms with Crippen molar-refractivity contribution in [3.63, 3.8) is 0 Å². The first-order valence-electron chi connectivity index (χ1n) is 23.8. The SMILES string of the molecule is COC(=O)Cc1cc(Br)ccn1.COC(=O)Cc1cc(N2CC(F)C2)ccn1.O=C(Cc1cc(N2CC(F)C2)ccn1)Nc1nnc([C@H]2CCC[C@H](c3nnc(NC(=O)Cc4cc(N5CC(F)C5)ccn4)s3)C2)s1. The highest BCUT2D eigenvalue weighted by Gasteiger charge is 2.31. The largest absolute Gasteiger partial charge is 0.469 e. The number of methoxy groups -OCH3 is 2. The van der Waals surface area contributed by atoms with Crippen molar-refractivity contribution in [1.82, 2.24) is 40.3 Å². The minimum Gasteiger partial charge on any atom is -0.469 e. The standard InChI is InChI=1S/C30H32F2N10O2S2.C11H13FN2O2.C8H8BrNO2/c31-19-13-41(14-19)23-4-6-33-21(9-23)11-25(43)35-29-39-37-27(45-29)17-2-1-3-18(8-17)28-38-40-30(46-28)36-26(44)12-22-10-24(5-7-34-22)42-15-20(32)16-42;1-16-11(15)5-9-4-10(2-3-13-9)14-6-8(12)7-14;1-12-8(11)5-7-4-6(9)2-3-10-7/h4-7,9-10,17-20H,1-3,8,11-16H2,(H,35,39,43)(H,36,40,44);2-4,8H,5-7H2,1H3;2-4H,5H2,1H3/t17-,18-;;/m0../s1. The van der Waals surface area contributed by atoms with Gasteiger partial charge in [-0.05, 0) is 67.8 Å². The molecular weight excluding hydrogens is 1070 g/mol. The molecule has 2 atom stereocenters. The van der Waals surface area contributed by atoms with Gasteiger partial charge >= 0.3 is 11.9 Å². The zero-order valence-electron chi connectivity index (χ0n) is 40.4. The van der Waals surface area contributed by atoms with Gasteiger partial charge < -0.3 is 34.8 Å². The molecule has 4 aliphatic rings. The number of pyridine rings is 4. The summed E-state index contributed by atoms with van der Waals surface area (Å²) in [5, 5.41) is 25.5. The van der Waals surface area contributed by atoms with E-state index in [9.17, 15) is 32.3 Å². The number of carbonyl (C=O) groups excluding carboxylic acids is 4. The third-order valence-electron chi connectivity index (χ3n) is 12.3. The Labute approximate surface area is 440 Å². The fraction of sp³-hybridized carbons (Fsp3) is 0.429. The minimum absolute atomic E-state index is 0.0828. The number of anilines is 5. The molecule has 0 unspecified atom stereocenters. The molecule has 10 rings (SSSR count). The van der Waals surface area contributed by atoms with Crippen molar-refractivity contribution < 1.29 is 41.8 Å². The van der Waals surface area contributed by atoms with E-state index in [4.69, 9.17) is 0 Å². The van der Waals surface area contributed by atoms with Gasteiger partial charge in [-0.1, -0.05) is 45.0 Å². The first kappa shape index (κ1) is 53.6. The average Bonchev–Trinajstić information content (AvgIpc) is 4.04. The summed E-state index contributed by atoms with van der Waals surface area (Å²) in [7, 11) is 2.70. The van der Waals surface area contributed by atoms with Crippen LogP contribution >= 0.6 is 38.6 Å². The van der Waals surface area contributed by atoms with Crippen LogP contribution in [0.4, 0.5) is 40.5 Å². The van der Waals surface area contributed by atoms with E-state index in [0.717, 1.165) is 57.2 Å². The first-order valence-corrected chi connectivity index (χ1v) is 26.2. The van der Waals surface area contributed by atoms with Crippen LogP contribution in [0.1, 0.15) is 70.3 Å². The van der Waals surface area contributed by atoms with Crippen LogP contribution < -0.4 is 25.3 Å². The summed E-state index contributed by atoms with van der Waals surface area (Å²) in [6.07, 6.45) is 8.45. The van der Waals surface area contributed by atoms with Crippen LogP contribution in [0.25, 0.3) is 0 Å². The van der Waals surface area contributed by atoms with E-state index in [1.165, 1.54) is 36.9 Å². The second kappa shape index (κ2) is 25.5. The predicted molar refractivity (Wildman–Crippen MR) is 276 cm³/mol. The van der Waals surface area contributed by atoms with Gasteiger partial charge in [0.25, 0.3) is 0 Å². The smallest absolute Gasteiger partial charge is 0.311 e. The van der Waals surface area contributed by atoms with Crippen molar-refractivity contribution in [2.45, 2.75) is 81.7 Å². The third-order valence-corrected chi connectivity index (χ3v) is 14.8. The monoisotopic (exact) mass is 1120 g/mol. The Morgan fingerprint density at radius 2 is 0.932 bits per heavy atom. The Morgan fingerprint density at radius 1 is 0.568 bits per heavy atom. The summed E-state index contributed by atoms with van der Waals surface area (Å²) in [4.78, 5) is 69.7. The van der Waals surface area contributed by atoms with E-state index in [1.807, 2.05) is 45.0 Å². The van der Waals surface area contributed by atoms with Crippen LogP contribution in [0, 0.1) is 0 Å². The minimum atomic E-state index is -0.808. The van der Waals surface area contributed by atoms with Gasteiger partial charge in [0.1, 0.15) is 28.5 Å². The Morgan fingerprint density at radius 3 is 1.30 bits per heavy atom. The van der Waals surface area contributed by atoms with Gasteiger partial charge in [0.15, 0.2) is 0 Å². The molecule has 19 nitrogen and oxygen atoms in total. The quantitative estimate of drug-likeness (QED) is 0.101. The maximum absolute atomic E-state index is 13.2. The van der Waals surface area contributed by atoms with Crippen LogP contribution in [0.15, 0.2) is 77.8 Å². The van der Waals surface area contributed by atoms with Crippen molar-refractivity contribution in [3.05, 3.63) is 111 Å². The highest BCUT2D eigenvalue weighted by molar-refractivity contribution is 9.10. The lowest BCUT2D eigenvalue weighted by Crippen LogP contribution is -2.48. The Kier molecular flexibility index (Phi) is 18.4. The third kappa shape index (κ3) is 15.2. The van der Waals surface area contributed by atoms with Crippen LogP contribution in [-0.2, 0) is 54.3 Å². The van der Waals surface area contributed by atoms with Crippen LogP contribution in [0.3, 0.4) is 0 Å². The molecule has 1 saturated carbocycles. The number of nitrogens with zero attached hydrogens (tertiary/aromatic N) is 11. The molecule has 2 amide bonds. The molecule has 3 aliphatic heterocycles. The van der Waals surface area contributed by atoms with E-state index in [2.05, 4.69) is 76.4 Å². The number of alkyl halides is 3. The topological polar surface area (TPSA) is 224 Å². The summed E-state index contributed by atoms with van der Waals surface area (Å²) < 4.78 is 49.1. The van der Waals surface area contributed by atoms with E-state index in [0.29, 0.717) is 72.3 Å². The number of hydrogen-bond acceptors (Lipinski definition) is 19. The van der Waals surface area contributed by atoms with Crippen molar-refractivity contribution in [2.24, 2.45) is 0 Å². The fourth-order valence-corrected chi connectivity index (χ4v) is 10.6. The van der Waals surface area contributed by atoms with E-state index < -0.39 is 18.5 Å². The van der Waals surface area contributed by atoms with Crippen molar-refractivity contribution in [1.29, 1.82) is 0 Å². The summed E-state index contributed by atoms with van der Waals surface area (Å²) in [6.45, 7) is 2.28. The lowest BCUT2D eigenvalue weighted by Gasteiger charge is -2.36. The molecule has 6 aromatic heterocycles. The summed E-state index contributed by atoms with van der Waals surface area (Å²) in [5.74, 6) is -0.721. The second-order valence-electron chi connectivity index (χ2n) is 17.9. The van der Waals surface area contributed by atoms with Crippen LogP contribution in [0.2, 0.25) is 0 Å². The number of rotatable bonds is 15. The Bertz CT molecular complexity index is 2760. The van der Waals surface area contributed by atoms with Gasteiger partial charge in [-0.2, -0.15) is 0 Å². The number of ether oxygens (including phenoxy) is 2. The molecule has 6 aromatic rings. The van der Waals surface area contributed by atoms with Crippen molar-refractivity contribution in [3.8, 4) is 0 Å². The molecule has 0 aromatic carbocycles. The lowest BCUT2D eigenvalue weighted by molar-refractivity contribution is -0.140. The van der Waals surface area contributed by atoms with Gasteiger partial charge in [0, 0.05) is 58.2 Å². The summed E-state index contributed by atoms with van der Waals surface area (Å²) in [5.41, 5.74) is 5.19. The maximum Gasteiger partial charge on any atom is 0.311 e. The average molecular weight is 1120 g/mol. The number of halogens is 4. The zero-order valence-corrected chi connectivity index (χ0v) is 43.6. The first-order chi connectivity index (χ1) is 35.7. The fourth-order valence-electron chi connectivity index (χ4n) is 8.36. The zero-order chi connectivity index (χ0) is 52.1. The van der Waals surface area contributed by atoms with Gasteiger partial charge in [-0.15, -0.1) is 20.4 Å². The Hall–Kier alpha value is -6.73. The van der Waals surface area contributed by atoms with Gasteiger partial charge in [0.2, 0.25) is 22.1 Å².